The number of nitrogens with one attached hydrogen (secondary N) is 1. The van der Waals surface area contributed by atoms with Crippen molar-refractivity contribution in [2.75, 3.05) is 5.43 Å². The molecule has 4 rings (SSSR count). The lowest BCUT2D eigenvalue weighted by molar-refractivity contribution is 0.956. The van der Waals surface area contributed by atoms with Crippen molar-refractivity contribution < 1.29 is 0 Å². The highest BCUT2D eigenvalue weighted by molar-refractivity contribution is 6.30. The van der Waals surface area contributed by atoms with E-state index in [-0.39, 0.29) is 5.56 Å². The Balaban J connectivity index is 1.78. The van der Waals surface area contributed by atoms with Crippen molar-refractivity contribution in [1.82, 2.24) is 9.55 Å². The van der Waals surface area contributed by atoms with E-state index in [2.05, 4.69) is 15.5 Å². The smallest absolute Gasteiger partial charge is 0.267 e. The predicted octanol–water partition coefficient (Wildman–Crippen LogP) is 4.49. The number of hydrazone groups is 1. The van der Waals surface area contributed by atoms with Crippen molar-refractivity contribution in [2.45, 2.75) is 0 Å². The third kappa shape index (κ3) is 3.59. The summed E-state index contributed by atoms with van der Waals surface area (Å²) < 4.78 is 1.52. The summed E-state index contributed by atoms with van der Waals surface area (Å²) in [5.41, 5.74) is 4.94. The van der Waals surface area contributed by atoms with E-state index < -0.39 is 0 Å². The van der Waals surface area contributed by atoms with Crippen LogP contribution in [-0.4, -0.2) is 15.8 Å². The molecular formula is C21H15ClN4O. The standard InChI is InChI=1S/C21H15ClN4O/c22-16-12-10-15(11-13-16)14-23-25-21-24-19-9-5-4-8-18(19)20(27)26(21)17-6-2-1-3-7-17/h1-14H,(H,24,25). The summed E-state index contributed by atoms with van der Waals surface area (Å²) in [6, 6.07) is 23.9. The van der Waals surface area contributed by atoms with Crippen LogP contribution in [0.2, 0.25) is 5.02 Å². The molecule has 0 unspecified atom stereocenters. The highest BCUT2D eigenvalue weighted by Crippen LogP contribution is 2.16. The SMILES string of the molecule is O=c1c2ccccc2nc(NN=Cc2ccc(Cl)cc2)n1-c1ccccc1. The Morgan fingerprint density at radius 1 is 0.926 bits per heavy atom. The number of aromatic nitrogens is 2. The van der Waals surface area contributed by atoms with E-state index in [1.807, 2.05) is 54.6 Å². The van der Waals surface area contributed by atoms with Crippen LogP contribution in [0.15, 0.2) is 88.8 Å². The molecule has 27 heavy (non-hydrogen) atoms. The number of para-hydroxylation sites is 2. The van der Waals surface area contributed by atoms with E-state index in [0.717, 1.165) is 5.56 Å². The molecule has 4 aromatic rings. The minimum absolute atomic E-state index is 0.156. The first kappa shape index (κ1) is 17.0. The molecule has 5 nitrogen and oxygen atoms in total. The molecule has 0 saturated carbocycles. The average Bonchev–Trinajstić information content (AvgIpc) is 2.70. The summed E-state index contributed by atoms with van der Waals surface area (Å²) in [5, 5.41) is 5.45. The van der Waals surface area contributed by atoms with Crippen LogP contribution in [0, 0.1) is 0 Å². The maximum Gasteiger partial charge on any atom is 0.267 e. The maximum absolute atomic E-state index is 13.0. The zero-order valence-corrected chi connectivity index (χ0v) is 15.0. The van der Waals surface area contributed by atoms with Gasteiger partial charge in [-0.25, -0.2) is 15.0 Å². The Morgan fingerprint density at radius 3 is 2.41 bits per heavy atom. The van der Waals surface area contributed by atoms with Crippen LogP contribution in [0.1, 0.15) is 5.56 Å². The Hall–Kier alpha value is -3.44. The van der Waals surface area contributed by atoms with Crippen molar-refractivity contribution in [3.8, 4) is 5.69 Å². The number of rotatable bonds is 4. The molecule has 0 amide bonds. The monoisotopic (exact) mass is 374 g/mol. The molecule has 1 heterocycles. The molecule has 0 fully saturated rings. The third-order valence-corrected chi connectivity index (χ3v) is 4.29. The van der Waals surface area contributed by atoms with E-state index in [4.69, 9.17) is 11.6 Å². The maximum atomic E-state index is 13.0. The van der Waals surface area contributed by atoms with E-state index in [0.29, 0.717) is 27.6 Å². The topological polar surface area (TPSA) is 59.3 Å². The fourth-order valence-corrected chi connectivity index (χ4v) is 2.86. The number of fused-ring (bicyclic) bond motifs is 1. The van der Waals surface area contributed by atoms with E-state index in [1.54, 1.807) is 30.5 Å². The van der Waals surface area contributed by atoms with Crippen molar-refractivity contribution in [3.05, 3.63) is 99.8 Å². The van der Waals surface area contributed by atoms with Crippen LogP contribution in [0.4, 0.5) is 5.95 Å². The molecule has 3 aromatic carbocycles. The zero-order chi connectivity index (χ0) is 18.6. The number of nitrogens with zero attached hydrogens (tertiary/aromatic N) is 3. The van der Waals surface area contributed by atoms with Gasteiger partial charge in [-0.1, -0.05) is 54.1 Å². The number of hydrogen-bond acceptors (Lipinski definition) is 4. The predicted molar refractivity (Wildman–Crippen MR) is 110 cm³/mol. The van der Waals surface area contributed by atoms with Gasteiger partial charge in [0, 0.05) is 5.02 Å². The van der Waals surface area contributed by atoms with E-state index >= 15 is 0 Å². The van der Waals surface area contributed by atoms with Crippen molar-refractivity contribution >= 4 is 34.7 Å². The second-order valence-electron chi connectivity index (χ2n) is 5.85. The van der Waals surface area contributed by atoms with Crippen LogP contribution < -0.4 is 11.0 Å². The Kier molecular flexibility index (Phi) is 4.68. The molecule has 0 aliphatic heterocycles. The third-order valence-electron chi connectivity index (χ3n) is 4.04. The minimum atomic E-state index is -0.156. The first-order valence-electron chi connectivity index (χ1n) is 8.34. The van der Waals surface area contributed by atoms with E-state index in [9.17, 15) is 4.79 Å². The second kappa shape index (κ2) is 7.43. The lowest BCUT2D eigenvalue weighted by Gasteiger charge is -2.12. The van der Waals surface area contributed by atoms with Gasteiger partial charge in [-0.05, 0) is 42.0 Å². The molecule has 1 N–H and O–H groups in total. The lowest BCUT2D eigenvalue weighted by atomic mass is 10.2. The van der Waals surface area contributed by atoms with Crippen LogP contribution in [0.25, 0.3) is 16.6 Å². The Bertz CT molecular complexity index is 1170. The fraction of sp³-hybridized carbons (Fsp3) is 0. The molecule has 0 spiro atoms. The highest BCUT2D eigenvalue weighted by Gasteiger charge is 2.11. The van der Waals surface area contributed by atoms with Crippen molar-refractivity contribution in [1.29, 1.82) is 0 Å². The summed E-state index contributed by atoms with van der Waals surface area (Å²) in [6.07, 6.45) is 1.65. The summed E-state index contributed by atoms with van der Waals surface area (Å²) in [4.78, 5) is 17.6. The van der Waals surface area contributed by atoms with E-state index in [1.165, 1.54) is 4.57 Å². The Labute approximate surface area is 160 Å². The highest BCUT2D eigenvalue weighted by atomic mass is 35.5. The van der Waals surface area contributed by atoms with Gasteiger partial charge in [0.15, 0.2) is 0 Å². The summed E-state index contributed by atoms with van der Waals surface area (Å²) in [6.45, 7) is 0. The first-order valence-corrected chi connectivity index (χ1v) is 8.72. The average molecular weight is 375 g/mol. The largest absolute Gasteiger partial charge is 0.268 e. The quantitative estimate of drug-likeness (QED) is 0.423. The molecule has 0 radical (unpaired) electrons. The van der Waals surface area contributed by atoms with Crippen LogP contribution in [0.5, 0.6) is 0 Å². The minimum Gasteiger partial charge on any atom is -0.268 e. The number of halogens is 1. The Morgan fingerprint density at radius 2 is 1.63 bits per heavy atom. The molecule has 132 valence electrons. The van der Waals surface area contributed by atoms with Crippen LogP contribution in [0.3, 0.4) is 0 Å². The van der Waals surface area contributed by atoms with Crippen molar-refractivity contribution in [3.63, 3.8) is 0 Å². The molecule has 0 bridgehead atoms. The lowest BCUT2D eigenvalue weighted by Crippen LogP contribution is -2.22. The van der Waals surface area contributed by atoms with Gasteiger partial charge in [-0.3, -0.25) is 4.79 Å². The molecule has 0 aliphatic carbocycles. The summed E-state index contributed by atoms with van der Waals surface area (Å²) >= 11 is 5.89. The molecule has 0 atom stereocenters. The molecule has 1 aromatic heterocycles. The first-order chi connectivity index (χ1) is 13.2. The van der Waals surface area contributed by atoms with Gasteiger partial charge in [-0.2, -0.15) is 5.10 Å². The zero-order valence-electron chi connectivity index (χ0n) is 14.2. The van der Waals surface area contributed by atoms with Gasteiger partial charge in [-0.15, -0.1) is 0 Å². The summed E-state index contributed by atoms with van der Waals surface area (Å²) in [7, 11) is 0. The second-order valence-corrected chi connectivity index (χ2v) is 6.29. The number of anilines is 1. The fourth-order valence-electron chi connectivity index (χ4n) is 2.74. The van der Waals surface area contributed by atoms with Gasteiger partial charge in [0.2, 0.25) is 5.95 Å². The molecule has 6 heteroatoms. The van der Waals surface area contributed by atoms with Crippen LogP contribution in [-0.2, 0) is 0 Å². The van der Waals surface area contributed by atoms with Gasteiger partial charge in [0.1, 0.15) is 0 Å². The van der Waals surface area contributed by atoms with Crippen molar-refractivity contribution in [2.24, 2.45) is 5.10 Å². The number of benzene rings is 3. The summed E-state index contributed by atoms with van der Waals surface area (Å²) in [5.74, 6) is 0.343. The normalized spacial score (nSPS) is 11.1. The van der Waals surface area contributed by atoms with Gasteiger partial charge in [0.05, 0.1) is 22.8 Å². The van der Waals surface area contributed by atoms with Gasteiger partial charge >= 0.3 is 0 Å². The van der Waals surface area contributed by atoms with Gasteiger partial charge < -0.3 is 0 Å². The number of hydrogen-bond donors (Lipinski definition) is 1. The van der Waals surface area contributed by atoms with Crippen LogP contribution >= 0.6 is 11.6 Å². The molecule has 0 aliphatic rings. The molecule has 0 saturated heterocycles. The van der Waals surface area contributed by atoms with Gasteiger partial charge in [0.25, 0.3) is 5.56 Å². The molecular weight excluding hydrogens is 360 g/mol.